The van der Waals surface area contributed by atoms with Crippen molar-refractivity contribution in [3.8, 4) is 0 Å². The molecule has 98 valence electrons. The molecule has 1 aromatic carbocycles. The van der Waals surface area contributed by atoms with Gasteiger partial charge in [-0.25, -0.2) is 4.98 Å². The third-order valence-electron chi connectivity index (χ3n) is 3.08. The van der Waals surface area contributed by atoms with Gasteiger partial charge in [0.1, 0.15) is 4.60 Å². The van der Waals surface area contributed by atoms with Crippen molar-refractivity contribution >= 4 is 45.0 Å². The quantitative estimate of drug-likeness (QED) is 0.754. The van der Waals surface area contributed by atoms with E-state index in [2.05, 4.69) is 38.4 Å². The van der Waals surface area contributed by atoms with Gasteiger partial charge in [-0.05, 0) is 58.2 Å². The van der Waals surface area contributed by atoms with Crippen LogP contribution in [0.15, 0.2) is 46.0 Å². The minimum atomic E-state index is 0.304. The third-order valence-corrected chi connectivity index (χ3v) is 4.91. The van der Waals surface area contributed by atoms with Gasteiger partial charge in [-0.2, -0.15) is 0 Å². The summed E-state index contributed by atoms with van der Waals surface area (Å²) >= 11 is 11.3. The summed E-state index contributed by atoms with van der Waals surface area (Å²) in [4.78, 5) is 5.56. The molecule has 0 bridgehead atoms. The van der Waals surface area contributed by atoms with E-state index in [0.29, 0.717) is 6.04 Å². The fourth-order valence-electron chi connectivity index (χ4n) is 2.18. The average Bonchev–Trinajstić information content (AvgIpc) is 2.42. The number of thioether (sulfide) groups is 1. The Kier molecular flexibility index (Phi) is 4.01. The van der Waals surface area contributed by atoms with Gasteiger partial charge in [-0.15, -0.1) is 11.8 Å². The van der Waals surface area contributed by atoms with E-state index in [4.69, 9.17) is 11.6 Å². The lowest BCUT2D eigenvalue weighted by Gasteiger charge is -2.26. The van der Waals surface area contributed by atoms with E-state index >= 15 is 0 Å². The zero-order valence-electron chi connectivity index (χ0n) is 10.1. The van der Waals surface area contributed by atoms with Gasteiger partial charge in [0.05, 0.1) is 17.9 Å². The molecule has 1 aliphatic rings. The third kappa shape index (κ3) is 3.07. The van der Waals surface area contributed by atoms with Crippen LogP contribution in [0.4, 0.5) is 5.69 Å². The Morgan fingerprint density at radius 3 is 3.00 bits per heavy atom. The molecule has 1 N–H and O–H groups in total. The maximum Gasteiger partial charge on any atom is 0.106 e. The van der Waals surface area contributed by atoms with E-state index in [0.717, 1.165) is 27.5 Å². The predicted molar refractivity (Wildman–Crippen MR) is 85.1 cm³/mol. The maximum absolute atomic E-state index is 6.11. The molecule has 19 heavy (non-hydrogen) atoms. The normalized spacial score (nSPS) is 17.9. The van der Waals surface area contributed by atoms with Crippen molar-refractivity contribution in [2.45, 2.75) is 17.4 Å². The molecule has 0 radical (unpaired) electrons. The highest BCUT2D eigenvalue weighted by atomic mass is 79.9. The van der Waals surface area contributed by atoms with Crippen LogP contribution in [0.3, 0.4) is 0 Å². The highest BCUT2D eigenvalue weighted by Crippen LogP contribution is 2.39. The monoisotopic (exact) mass is 354 g/mol. The summed E-state index contributed by atoms with van der Waals surface area (Å²) in [7, 11) is 0. The molecule has 1 aliphatic heterocycles. The SMILES string of the molecule is Clc1ccc2c(c1)C(Nc1ccc(Br)nc1)CCS2. The average molecular weight is 356 g/mol. The first-order chi connectivity index (χ1) is 9.22. The minimum absolute atomic E-state index is 0.304. The number of pyridine rings is 1. The summed E-state index contributed by atoms with van der Waals surface area (Å²) in [5.74, 6) is 1.12. The summed E-state index contributed by atoms with van der Waals surface area (Å²) in [5, 5.41) is 4.33. The molecular formula is C14H12BrClN2S. The second kappa shape index (κ2) is 5.73. The van der Waals surface area contributed by atoms with Gasteiger partial charge < -0.3 is 5.32 Å². The van der Waals surface area contributed by atoms with Crippen LogP contribution < -0.4 is 5.32 Å². The fraction of sp³-hybridized carbons (Fsp3) is 0.214. The Balaban J connectivity index is 1.87. The first-order valence-corrected chi connectivity index (χ1v) is 8.18. The van der Waals surface area contributed by atoms with Gasteiger partial charge >= 0.3 is 0 Å². The van der Waals surface area contributed by atoms with Crippen LogP contribution in [0, 0.1) is 0 Å². The molecule has 1 atom stereocenters. The van der Waals surface area contributed by atoms with Gasteiger partial charge in [0.15, 0.2) is 0 Å². The topological polar surface area (TPSA) is 24.9 Å². The second-order valence-corrected chi connectivity index (χ2v) is 6.77. The van der Waals surface area contributed by atoms with Crippen LogP contribution in [0.1, 0.15) is 18.0 Å². The molecule has 2 heterocycles. The molecule has 0 amide bonds. The Hall–Kier alpha value is -0.710. The lowest BCUT2D eigenvalue weighted by Crippen LogP contribution is -2.16. The number of nitrogens with zero attached hydrogens (tertiary/aromatic N) is 1. The number of aromatic nitrogens is 1. The number of halogens is 2. The van der Waals surface area contributed by atoms with Gasteiger partial charge in [-0.3, -0.25) is 0 Å². The second-order valence-electron chi connectivity index (χ2n) is 4.39. The van der Waals surface area contributed by atoms with E-state index in [-0.39, 0.29) is 0 Å². The standard InChI is InChI=1S/C14H12BrClN2S/c15-14-4-2-10(8-17-14)18-12-5-6-19-13-3-1-9(16)7-11(12)13/h1-4,7-8,12,18H,5-6H2. The summed E-state index contributed by atoms with van der Waals surface area (Å²) in [6, 6.07) is 10.4. The van der Waals surface area contributed by atoms with Crippen molar-refractivity contribution in [2.75, 3.05) is 11.1 Å². The molecule has 0 aliphatic carbocycles. The molecule has 0 fully saturated rings. The molecule has 0 spiro atoms. The summed E-state index contributed by atoms with van der Waals surface area (Å²) in [6.45, 7) is 0. The molecule has 1 unspecified atom stereocenters. The van der Waals surface area contributed by atoms with E-state index in [9.17, 15) is 0 Å². The van der Waals surface area contributed by atoms with Crippen LogP contribution in [0.5, 0.6) is 0 Å². The molecule has 2 aromatic rings. The number of hydrogen-bond donors (Lipinski definition) is 1. The Labute approximate surface area is 130 Å². The van der Waals surface area contributed by atoms with Crippen LogP contribution in [0.2, 0.25) is 5.02 Å². The van der Waals surface area contributed by atoms with Crippen molar-refractivity contribution in [2.24, 2.45) is 0 Å². The van der Waals surface area contributed by atoms with Crippen molar-refractivity contribution in [1.29, 1.82) is 0 Å². The number of hydrogen-bond acceptors (Lipinski definition) is 3. The fourth-order valence-corrected chi connectivity index (χ4v) is 3.70. The summed E-state index contributed by atoms with van der Waals surface area (Å²) in [6.07, 6.45) is 2.93. The zero-order valence-corrected chi connectivity index (χ0v) is 13.2. The lowest BCUT2D eigenvalue weighted by molar-refractivity contribution is 0.728. The Bertz CT molecular complexity index is 588. The molecule has 3 rings (SSSR count). The molecular weight excluding hydrogens is 344 g/mol. The number of nitrogens with one attached hydrogen (secondary N) is 1. The predicted octanol–water partition coefficient (Wildman–Crippen LogP) is 5.15. The van der Waals surface area contributed by atoms with Gasteiger partial charge in [-0.1, -0.05) is 11.6 Å². The first kappa shape index (κ1) is 13.3. The number of benzene rings is 1. The molecule has 2 nitrogen and oxygen atoms in total. The number of rotatable bonds is 2. The first-order valence-electron chi connectivity index (χ1n) is 6.03. The van der Waals surface area contributed by atoms with Crippen LogP contribution >= 0.6 is 39.3 Å². The molecule has 1 aromatic heterocycles. The van der Waals surface area contributed by atoms with E-state index in [1.54, 1.807) is 0 Å². The largest absolute Gasteiger partial charge is 0.377 e. The van der Waals surface area contributed by atoms with Crippen molar-refractivity contribution in [3.63, 3.8) is 0 Å². The highest BCUT2D eigenvalue weighted by Gasteiger charge is 2.20. The molecule has 0 saturated carbocycles. The van der Waals surface area contributed by atoms with Gasteiger partial charge in [0.2, 0.25) is 0 Å². The Morgan fingerprint density at radius 1 is 1.32 bits per heavy atom. The number of fused-ring (bicyclic) bond motifs is 1. The van der Waals surface area contributed by atoms with Crippen LogP contribution in [-0.2, 0) is 0 Å². The van der Waals surface area contributed by atoms with Crippen LogP contribution in [-0.4, -0.2) is 10.7 Å². The van der Waals surface area contributed by atoms with E-state index in [1.165, 1.54) is 10.5 Å². The smallest absolute Gasteiger partial charge is 0.106 e. The van der Waals surface area contributed by atoms with Crippen molar-refractivity contribution in [1.82, 2.24) is 4.98 Å². The molecule has 5 heteroatoms. The van der Waals surface area contributed by atoms with Crippen LogP contribution in [0.25, 0.3) is 0 Å². The van der Waals surface area contributed by atoms with Crippen molar-refractivity contribution in [3.05, 3.63) is 51.7 Å². The van der Waals surface area contributed by atoms with Crippen molar-refractivity contribution < 1.29 is 0 Å². The minimum Gasteiger partial charge on any atom is -0.377 e. The molecule has 0 saturated heterocycles. The zero-order chi connectivity index (χ0) is 13.2. The Morgan fingerprint density at radius 2 is 2.21 bits per heavy atom. The number of anilines is 1. The van der Waals surface area contributed by atoms with Gasteiger partial charge in [0.25, 0.3) is 0 Å². The van der Waals surface area contributed by atoms with E-state index in [1.807, 2.05) is 36.2 Å². The van der Waals surface area contributed by atoms with E-state index < -0.39 is 0 Å². The summed E-state index contributed by atoms with van der Waals surface area (Å²) in [5.41, 5.74) is 2.32. The maximum atomic E-state index is 6.11. The van der Waals surface area contributed by atoms with Gasteiger partial charge in [0, 0.05) is 15.7 Å². The lowest BCUT2D eigenvalue weighted by atomic mass is 10.0. The highest BCUT2D eigenvalue weighted by molar-refractivity contribution is 9.10. The summed E-state index contributed by atoms with van der Waals surface area (Å²) < 4.78 is 0.848.